The zero-order valence-corrected chi connectivity index (χ0v) is 18.1. The summed E-state index contributed by atoms with van der Waals surface area (Å²) in [6.07, 6.45) is 7.66. The van der Waals surface area contributed by atoms with Crippen LogP contribution in [0.4, 0.5) is 0 Å². The smallest absolute Gasteiger partial charge is 0.272 e. The molecule has 166 valence electrons. The van der Waals surface area contributed by atoms with E-state index in [0.29, 0.717) is 55.6 Å². The molecule has 2 fully saturated rings. The molecular formula is C22H29N5O4. The zero-order valence-electron chi connectivity index (χ0n) is 18.1. The zero-order chi connectivity index (χ0) is 21.8. The average Bonchev–Trinajstić information content (AvgIpc) is 3.23. The highest BCUT2D eigenvalue weighted by Crippen LogP contribution is 2.24. The second-order valence-corrected chi connectivity index (χ2v) is 8.36. The molecule has 0 spiro atoms. The lowest BCUT2D eigenvalue weighted by molar-refractivity contribution is -0.121. The summed E-state index contributed by atoms with van der Waals surface area (Å²) in [6.45, 7) is 2.02. The van der Waals surface area contributed by atoms with E-state index >= 15 is 0 Å². The van der Waals surface area contributed by atoms with Crippen molar-refractivity contribution in [2.45, 2.75) is 44.6 Å². The topological polar surface area (TPSA) is 99.4 Å². The van der Waals surface area contributed by atoms with Crippen molar-refractivity contribution in [1.82, 2.24) is 24.4 Å². The molecule has 3 heterocycles. The van der Waals surface area contributed by atoms with Crippen molar-refractivity contribution in [1.29, 1.82) is 0 Å². The van der Waals surface area contributed by atoms with E-state index in [2.05, 4.69) is 15.0 Å². The lowest BCUT2D eigenvalue weighted by Gasteiger charge is -2.30. The molecule has 0 radical (unpaired) electrons. The number of Topliss-reactive ketones (excluding diaryl/α,β-unsaturated/α-hetero) is 1. The van der Waals surface area contributed by atoms with Crippen LogP contribution < -0.4 is 4.74 Å². The molecular weight excluding hydrogens is 398 g/mol. The van der Waals surface area contributed by atoms with Gasteiger partial charge in [0.2, 0.25) is 5.88 Å². The highest BCUT2D eigenvalue weighted by molar-refractivity contribution is 5.93. The molecule has 0 atom stereocenters. The van der Waals surface area contributed by atoms with Gasteiger partial charge in [-0.25, -0.2) is 9.97 Å². The average molecular weight is 428 g/mol. The van der Waals surface area contributed by atoms with Gasteiger partial charge in [0, 0.05) is 52.3 Å². The second-order valence-electron chi connectivity index (χ2n) is 8.36. The van der Waals surface area contributed by atoms with Gasteiger partial charge in [0.1, 0.15) is 17.2 Å². The number of nitrogens with zero attached hydrogens (tertiary/aromatic N) is 5. The second kappa shape index (κ2) is 9.55. The molecule has 9 heteroatoms. The van der Waals surface area contributed by atoms with E-state index in [1.54, 1.807) is 30.5 Å². The minimum Gasteiger partial charge on any atom is -0.477 e. The summed E-state index contributed by atoms with van der Waals surface area (Å²) in [5.74, 6) is 1.27. The molecule has 0 aromatic carbocycles. The molecule has 4 rings (SSSR count). The number of carbonyl (C=O) groups is 2. The van der Waals surface area contributed by atoms with Crippen molar-refractivity contribution in [2.24, 2.45) is 13.0 Å². The molecule has 31 heavy (non-hydrogen) atoms. The summed E-state index contributed by atoms with van der Waals surface area (Å²) >= 11 is 0. The lowest BCUT2D eigenvalue weighted by Crippen LogP contribution is -2.40. The first kappa shape index (κ1) is 21.4. The molecule has 1 saturated carbocycles. The number of carbonyl (C=O) groups excluding carboxylic acids is 2. The van der Waals surface area contributed by atoms with Crippen LogP contribution in [0.3, 0.4) is 0 Å². The van der Waals surface area contributed by atoms with Gasteiger partial charge in [0.05, 0.1) is 19.1 Å². The van der Waals surface area contributed by atoms with Gasteiger partial charge in [-0.15, -0.1) is 0 Å². The van der Waals surface area contributed by atoms with Crippen molar-refractivity contribution in [3.05, 3.63) is 24.3 Å². The number of rotatable bonds is 6. The number of aromatic nitrogens is 4. The summed E-state index contributed by atoms with van der Waals surface area (Å²) in [6, 6.07) is 1.65. The van der Waals surface area contributed by atoms with Crippen LogP contribution in [0, 0.1) is 5.92 Å². The van der Waals surface area contributed by atoms with Crippen LogP contribution in [0.15, 0.2) is 18.6 Å². The van der Waals surface area contributed by atoms with Crippen LogP contribution in [0.25, 0.3) is 11.5 Å². The van der Waals surface area contributed by atoms with Crippen LogP contribution in [-0.4, -0.2) is 69.0 Å². The van der Waals surface area contributed by atoms with Crippen LogP contribution in [-0.2, 0) is 16.6 Å². The normalized spacial score (nSPS) is 18.2. The Hall–Kier alpha value is -2.81. The van der Waals surface area contributed by atoms with Gasteiger partial charge in [-0.1, -0.05) is 0 Å². The van der Waals surface area contributed by atoms with E-state index in [1.165, 1.54) is 0 Å². The number of imidazole rings is 1. The van der Waals surface area contributed by atoms with Crippen molar-refractivity contribution < 1.29 is 19.1 Å². The molecule has 1 aliphatic carbocycles. The number of hydrogen-bond donors (Lipinski definition) is 0. The maximum absolute atomic E-state index is 13.2. The molecule has 9 nitrogen and oxygen atoms in total. The van der Waals surface area contributed by atoms with E-state index in [4.69, 9.17) is 9.47 Å². The Balaban J connectivity index is 1.57. The number of ketones is 1. The fraction of sp³-hybridized carbons (Fsp3) is 0.591. The fourth-order valence-electron chi connectivity index (χ4n) is 4.07. The highest BCUT2D eigenvalue weighted by Gasteiger charge is 2.28. The Kier molecular flexibility index (Phi) is 6.60. The third kappa shape index (κ3) is 5.10. The van der Waals surface area contributed by atoms with Crippen LogP contribution in [0.2, 0.25) is 0 Å². The monoisotopic (exact) mass is 427 g/mol. The van der Waals surface area contributed by atoms with Gasteiger partial charge in [-0.2, -0.15) is 4.98 Å². The van der Waals surface area contributed by atoms with E-state index in [1.807, 2.05) is 11.6 Å². The van der Waals surface area contributed by atoms with Crippen LogP contribution >= 0.6 is 0 Å². The fourth-order valence-corrected chi connectivity index (χ4v) is 4.07. The molecule has 2 aromatic rings. The van der Waals surface area contributed by atoms with Gasteiger partial charge < -0.3 is 18.9 Å². The van der Waals surface area contributed by atoms with E-state index in [9.17, 15) is 9.59 Å². The summed E-state index contributed by atoms with van der Waals surface area (Å²) < 4.78 is 13.2. The number of amides is 1. The Morgan fingerprint density at radius 2 is 1.97 bits per heavy atom. The SMILES string of the molecule is CN(C(=O)c1cc(OCC2CCOCC2)nc(-c2cncn2C)n1)C1CCC(=O)CC1. The van der Waals surface area contributed by atoms with Crippen molar-refractivity contribution in [2.75, 3.05) is 26.9 Å². The Labute approximate surface area is 181 Å². The van der Waals surface area contributed by atoms with Gasteiger partial charge in [-0.05, 0) is 31.6 Å². The highest BCUT2D eigenvalue weighted by atomic mass is 16.5. The maximum Gasteiger partial charge on any atom is 0.272 e. The van der Waals surface area contributed by atoms with Gasteiger partial charge in [0.15, 0.2) is 5.82 Å². The first-order valence-corrected chi connectivity index (χ1v) is 10.9. The van der Waals surface area contributed by atoms with Crippen molar-refractivity contribution in [3.63, 3.8) is 0 Å². The molecule has 2 aliphatic rings. The molecule has 1 amide bonds. The summed E-state index contributed by atoms with van der Waals surface area (Å²) in [7, 11) is 3.63. The number of aryl methyl sites for hydroxylation is 1. The lowest BCUT2D eigenvalue weighted by atomic mass is 9.93. The minimum absolute atomic E-state index is 0.0342. The summed E-state index contributed by atoms with van der Waals surface area (Å²) in [4.78, 5) is 39.7. The van der Waals surface area contributed by atoms with Gasteiger partial charge in [0.25, 0.3) is 5.91 Å². The third-order valence-corrected chi connectivity index (χ3v) is 6.16. The van der Waals surface area contributed by atoms with E-state index < -0.39 is 0 Å². The van der Waals surface area contributed by atoms with Gasteiger partial charge >= 0.3 is 0 Å². The third-order valence-electron chi connectivity index (χ3n) is 6.16. The molecule has 1 aliphatic heterocycles. The van der Waals surface area contributed by atoms with Crippen LogP contribution in [0.1, 0.15) is 49.0 Å². The maximum atomic E-state index is 13.2. The Bertz CT molecular complexity index is 928. The van der Waals surface area contributed by atoms with Gasteiger partial charge in [-0.3, -0.25) is 9.59 Å². The Morgan fingerprint density at radius 1 is 1.23 bits per heavy atom. The summed E-state index contributed by atoms with van der Waals surface area (Å²) in [5, 5.41) is 0. The molecule has 1 saturated heterocycles. The molecule has 0 bridgehead atoms. The Morgan fingerprint density at radius 3 is 2.65 bits per heavy atom. The minimum atomic E-state index is -0.193. The predicted molar refractivity (Wildman–Crippen MR) is 113 cm³/mol. The standard InChI is InChI=1S/C22H29N5O4/c1-26-14-23-12-19(26)21-24-18(22(29)27(2)16-3-5-17(28)6-4-16)11-20(25-21)31-13-15-7-9-30-10-8-15/h11-12,14-16H,3-10,13H2,1-2H3. The van der Waals surface area contributed by atoms with E-state index in [-0.39, 0.29) is 23.4 Å². The largest absolute Gasteiger partial charge is 0.477 e. The van der Waals surface area contributed by atoms with Crippen molar-refractivity contribution >= 4 is 11.7 Å². The summed E-state index contributed by atoms with van der Waals surface area (Å²) in [5.41, 5.74) is 0.990. The predicted octanol–water partition coefficient (Wildman–Crippen LogP) is 2.27. The van der Waals surface area contributed by atoms with Crippen LogP contribution in [0.5, 0.6) is 5.88 Å². The van der Waals surface area contributed by atoms with E-state index in [0.717, 1.165) is 26.1 Å². The number of hydrogen-bond acceptors (Lipinski definition) is 7. The van der Waals surface area contributed by atoms with Crippen molar-refractivity contribution in [3.8, 4) is 17.4 Å². The molecule has 0 unspecified atom stereocenters. The number of ether oxygens (including phenoxy) is 2. The first-order valence-electron chi connectivity index (χ1n) is 10.9. The quantitative estimate of drug-likeness (QED) is 0.697. The molecule has 2 aromatic heterocycles. The first-order chi connectivity index (χ1) is 15.0. The molecule has 0 N–H and O–H groups in total.